The van der Waals surface area contributed by atoms with Gasteiger partial charge >= 0.3 is 0 Å². The highest BCUT2D eigenvalue weighted by Crippen LogP contribution is 2.34. The number of ether oxygens (including phenoxy) is 1. The fourth-order valence-electron chi connectivity index (χ4n) is 1.60. The highest BCUT2D eigenvalue weighted by molar-refractivity contribution is 7.98. The molecule has 1 heterocycles. The Hall–Kier alpha value is 0.600. The SMILES string of the molecule is CSCCC1(CCl)CCCOC1. The van der Waals surface area contributed by atoms with Crippen molar-refractivity contribution in [3.63, 3.8) is 0 Å². The zero-order valence-electron chi connectivity index (χ0n) is 7.64. The topological polar surface area (TPSA) is 9.23 Å². The van der Waals surface area contributed by atoms with Gasteiger partial charge in [0.05, 0.1) is 6.61 Å². The quantitative estimate of drug-likeness (QED) is 0.658. The Morgan fingerprint density at radius 2 is 2.42 bits per heavy atom. The second-order valence-corrected chi connectivity index (χ2v) is 4.79. The molecule has 1 unspecified atom stereocenters. The number of hydrogen-bond acceptors (Lipinski definition) is 2. The second-order valence-electron chi connectivity index (χ2n) is 3.53. The fourth-order valence-corrected chi connectivity index (χ4v) is 2.58. The maximum absolute atomic E-state index is 5.98. The normalized spacial score (nSPS) is 30.5. The van der Waals surface area contributed by atoms with Crippen LogP contribution in [0.15, 0.2) is 0 Å². The van der Waals surface area contributed by atoms with E-state index in [9.17, 15) is 0 Å². The van der Waals surface area contributed by atoms with E-state index < -0.39 is 0 Å². The number of thioether (sulfide) groups is 1. The van der Waals surface area contributed by atoms with Crippen molar-refractivity contribution in [2.75, 3.05) is 31.1 Å². The highest BCUT2D eigenvalue weighted by atomic mass is 35.5. The number of rotatable bonds is 4. The van der Waals surface area contributed by atoms with Crippen LogP contribution in [0.3, 0.4) is 0 Å². The van der Waals surface area contributed by atoms with Crippen molar-refractivity contribution in [3.8, 4) is 0 Å². The average molecular weight is 209 g/mol. The molecule has 12 heavy (non-hydrogen) atoms. The van der Waals surface area contributed by atoms with Gasteiger partial charge in [-0.25, -0.2) is 0 Å². The molecule has 0 spiro atoms. The third kappa shape index (κ3) is 2.82. The monoisotopic (exact) mass is 208 g/mol. The van der Waals surface area contributed by atoms with Crippen molar-refractivity contribution in [1.82, 2.24) is 0 Å². The molecule has 1 rings (SSSR count). The minimum absolute atomic E-state index is 0.294. The molecule has 1 fully saturated rings. The van der Waals surface area contributed by atoms with E-state index in [1.165, 1.54) is 25.0 Å². The van der Waals surface area contributed by atoms with Gasteiger partial charge in [-0.1, -0.05) is 0 Å². The smallest absolute Gasteiger partial charge is 0.0534 e. The van der Waals surface area contributed by atoms with E-state index >= 15 is 0 Å². The van der Waals surface area contributed by atoms with Crippen LogP contribution in [0.25, 0.3) is 0 Å². The largest absolute Gasteiger partial charge is 0.381 e. The van der Waals surface area contributed by atoms with Crippen LogP contribution in [0.1, 0.15) is 19.3 Å². The van der Waals surface area contributed by atoms with Gasteiger partial charge in [0.25, 0.3) is 0 Å². The zero-order chi connectivity index (χ0) is 8.86. The molecule has 1 aliphatic heterocycles. The van der Waals surface area contributed by atoms with Crippen LogP contribution >= 0.6 is 23.4 Å². The third-order valence-electron chi connectivity index (χ3n) is 2.52. The molecule has 0 aromatic heterocycles. The summed E-state index contributed by atoms with van der Waals surface area (Å²) >= 11 is 7.88. The molecular formula is C9H17ClOS. The minimum Gasteiger partial charge on any atom is -0.381 e. The molecule has 0 aromatic rings. The van der Waals surface area contributed by atoms with Gasteiger partial charge in [0.2, 0.25) is 0 Å². The van der Waals surface area contributed by atoms with Gasteiger partial charge < -0.3 is 4.74 Å². The Morgan fingerprint density at radius 3 is 2.92 bits per heavy atom. The first-order valence-electron chi connectivity index (χ1n) is 4.46. The van der Waals surface area contributed by atoms with E-state index in [0.29, 0.717) is 5.41 Å². The third-order valence-corrected chi connectivity index (χ3v) is 3.70. The summed E-state index contributed by atoms with van der Waals surface area (Å²) in [5.41, 5.74) is 0.294. The van der Waals surface area contributed by atoms with Gasteiger partial charge in [-0.3, -0.25) is 0 Å². The zero-order valence-corrected chi connectivity index (χ0v) is 9.22. The molecule has 3 heteroatoms. The van der Waals surface area contributed by atoms with Crippen molar-refractivity contribution in [2.24, 2.45) is 5.41 Å². The minimum atomic E-state index is 0.294. The number of alkyl halides is 1. The maximum atomic E-state index is 5.98. The fraction of sp³-hybridized carbons (Fsp3) is 1.00. The van der Waals surface area contributed by atoms with Gasteiger partial charge in [-0.05, 0) is 31.3 Å². The summed E-state index contributed by atoms with van der Waals surface area (Å²) in [6, 6.07) is 0. The summed E-state index contributed by atoms with van der Waals surface area (Å²) in [5.74, 6) is 1.96. The van der Waals surface area contributed by atoms with Crippen LogP contribution in [-0.4, -0.2) is 31.1 Å². The molecule has 0 bridgehead atoms. The van der Waals surface area contributed by atoms with E-state index in [1.54, 1.807) is 0 Å². The van der Waals surface area contributed by atoms with Crippen LogP contribution < -0.4 is 0 Å². The number of hydrogen-bond donors (Lipinski definition) is 0. The summed E-state index contributed by atoms with van der Waals surface area (Å²) in [6.07, 6.45) is 5.78. The lowest BCUT2D eigenvalue weighted by Crippen LogP contribution is -2.34. The van der Waals surface area contributed by atoms with Crippen LogP contribution in [-0.2, 0) is 4.74 Å². The summed E-state index contributed by atoms with van der Waals surface area (Å²) in [5, 5.41) is 0. The van der Waals surface area contributed by atoms with Crippen molar-refractivity contribution < 1.29 is 4.74 Å². The lowest BCUT2D eigenvalue weighted by Gasteiger charge is -2.35. The van der Waals surface area contributed by atoms with E-state index in [-0.39, 0.29) is 0 Å². The maximum Gasteiger partial charge on any atom is 0.0534 e. The van der Waals surface area contributed by atoms with Crippen molar-refractivity contribution in [1.29, 1.82) is 0 Å². The van der Waals surface area contributed by atoms with Gasteiger partial charge in [-0.15, -0.1) is 11.6 Å². The number of halogens is 1. The lowest BCUT2D eigenvalue weighted by molar-refractivity contribution is 0.00327. The van der Waals surface area contributed by atoms with Crippen LogP contribution in [0, 0.1) is 5.41 Å². The van der Waals surface area contributed by atoms with Gasteiger partial charge in [0.15, 0.2) is 0 Å². The molecule has 1 aliphatic rings. The predicted octanol–water partition coefficient (Wildman–Crippen LogP) is 2.78. The van der Waals surface area contributed by atoms with Crippen molar-refractivity contribution >= 4 is 23.4 Å². The standard InChI is InChI=1S/C9H17ClOS/c1-12-6-4-9(7-10)3-2-5-11-8-9/h2-8H2,1H3. The Morgan fingerprint density at radius 1 is 1.58 bits per heavy atom. The molecule has 0 N–H and O–H groups in total. The van der Waals surface area contributed by atoms with Crippen molar-refractivity contribution in [2.45, 2.75) is 19.3 Å². The molecule has 0 aromatic carbocycles. The second kappa shape index (κ2) is 5.36. The Labute approximate surface area is 84.2 Å². The Balaban J connectivity index is 2.37. The Kier molecular flexibility index (Phi) is 4.77. The van der Waals surface area contributed by atoms with Crippen LogP contribution in [0.2, 0.25) is 0 Å². The van der Waals surface area contributed by atoms with E-state index in [2.05, 4.69) is 6.26 Å². The molecule has 0 radical (unpaired) electrons. The lowest BCUT2D eigenvalue weighted by atomic mass is 9.82. The molecule has 1 saturated heterocycles. The summed E-state index contributed by atoms with van der Waals surface area (Å²) < 4.78 is 5.48. The van der Waals surface area contributed by atoms with Crippen LogP contribution in [0.5, 0.6) is 0 Å². The molecule has 1 atom stereocenters. The summed E-state index contributed by atoms with van der Waals surface area (Å²) in [6.45, 7) is 1.80. The first-order chi connectivity index (χ1) is 5.83. The van der Waals surface area contributed by atoms with Crippen molar-refractivity contribution in [3.05, 3.63) is 0 Å². The molecule has 0 amide bonds. The molecular weight excluding hydrogens is 192 g/mol. The predicted molar refractivity (Wildman–Crippen MR) is 56.2 cm³/mol. The molecule has 72 valence electrons. The first-order valence-corrected chi connectivity index (χ1v) is 6.38. The van der Waals surface area contributed by atoms with Gasteiger partial charge in [-0.2, -0.15) is 11.8 Å². The van der Waals surface area contributed by atoms with Crippen LogP contribution in [0.4, 0.5) is 0 Å². The average Bonchev–Trinajstić information content (AvgIpc) is 2.16. The van der Waals surface area contributed by atoms with E-state index in [1.807, 2.05) is 11.8 Å². The van der Waals surface area contributed by atoms with Gasteiger partial charge in [0.1, 0.15) is 0 Å². The summed E-state index contributed by atoms with van der Waals surface area (Å²) in [7, 11) is 0. The molecule has 1 nitrogen and oxygen atoms in total. The van der Waals surface area contributed by atoms with E-state index in [0.717, 1.165) is 19.1 Å². The molecule has 0 aliphatic carbocycles. The van der Waals surface area contributed by atoms with E-state index in [4.69, 9.17) is 16.3 Å². The molecule has 0 saturated carbocycles. The summed E-state index contributed by atoms with van der Waals surface area (Å²) in [4.78, 5) is 0. The highest BCUT2D eigenvalue weighted by Gasteiger charge is 2.31. The first kappa shape index (κ1) is 10.7. The Bertz CT molecular complexity index is 124. The van der Waals surface area contributed by atoms with Gasteiger partial charge in [0, 0.05) is 17.9 Å².